The summed E-state index contributed by atoms with van der Waals surface area (Å²) in [7, 11) is -2.78. The molecule has 0 saturated heterocycles. The van der Waals surface area contributed by atoms with Gasteiger partial charge in [0.25, 0.3) is 10.0 Å². The van der Waals surface area contributed by atoms with Crippen molar-refractivity contribution >= 4 is 44.8 Å². The summed E-state index contributed by atoms with van der Waals surface area (Å²) >= 11 is 6.95. The van der Waals surface area contributed by atoms with Crippen LogP contribution in [0.25, 0.3) is 0 Å². The van der Waals surface area contributed by atoms with E-state index in [4.69, 9.17) is 16.3 Å². The van der Waals surface area contributed by atoms with Gasteiger partial charge in [0.2, 0.25) is 5.91 Å². The van der Waals surface area contributed by atoms with Crippen LogP contribution in [0.3, 0.4) is 0 Å². The van der Waals surface area contributed by atoms with E-state index in [0.717, 1.165) is 11.3 Å². The van der Waals surface area contributed by atoms with Crippen molar-refractivity contribution in [1.82, 2.24) is 9.62 Å². The molecule has 3 rings (SSSR count). The van der Waals surface area contributed by atoms with Crippen LogP contribution in [-0.2, 0) is 39.1 Å². The number of hydrogen-bond donors (Lipinski definition) is 1. The minimum Gasteiger partial charge on any atom is -0.465 e. The molecule has 0 radical (unpaired) electrons. The van der Waals surface area contributed by atoms with E-state index >= 15 is 0 Å². The van der Waals surface area contributed by atoms with Crippen molar-refractivity contribution in [2.45, 2.75) is 30.1 Å². The molecule has 0 spiro atoms. The standard InChI is InChI=1S/C20H21ClN2O5S2/c1-3-5-17(24)23-9-8-15-16(12-23)29-20(18(15)19(25)28-2)30(26,27)22-11-13-6-4-7-14(21)10-13/h3-4,6-7,10,22H,1,5,8-9,11-12H2,2H3. The van der Waals surface area contributed by atoms with Crippen LogP contribution in [0, 0.1) is 0 Å². The highest BCUT2D eigenvalue weighted by atomic mass is 35.5. The van der Waals surface area contributed by atoms with E-state index < -0.39 is 16.0 Å². The van der Waals surface area contributed by atoms with Gasteiger partial charge in [-0.2, -0.15) is 0 Å². The maximum Gasteiger partial charge on any atom is 0.340 e. The highest BCUT2D eigenvalue weighted by Gasteiger charge is 2.34. The molecule has 160 valence electrons. The first kappa shape index (κ1) is 22.5. The van der Waals surface area contributed by atoms with Crippen molar-refractivity contribution in [2.75, 3.05) is 13.7 Å². The van der Waals surface area contributed by atoms with Gasteiger partial charge in [-0.1, -0.05) is 29.8 Å². The summed E-state index contributed by atoms with van der Waals surface area (Å²) in [6.07, 6.45) is 2.11. The number of carbonyl (C=O) groups excluding carboxylic acids is 2. The van der Waals surface area contributed by atoms with Crippen LogP contribution in [0.15, 0.2) is 41.1 Å². The third kappa shape index (κ3) is 4.75. The van der Waals surface area contributed by atoms with Crippen LogP contribution in [0.4, 0.5) is 0 Å². The average molecular weight is 469 g/mol. The maximum atomic E-state index is 13.0. The Bertz CT molecular complexity index is 1090. The quantitative estimate of drug-likeness (QED) is 0.497. The number of benzene rings is 1. The van der Waals surface area contributed by atoms with E-state index in [1.54, 1.807) is 29.2 Å². The first-order chi connectivity index (χ1) is 14.3. The lowest BCUT2D eigenvalue weighted by Gasteiger charge is -2.26. The molecule has 1 aromatic heterocycles. The molecule has 1 N–H and O–H groups in total. The van der Waals surface area contributed by atoms with Gasteiger partial charge in [-0.3, -0.25) is 4.79 Å². The molecule has 1 aliphatic heterocycles. The SMILES string of the molecule is C=CCC(=O)N1CCc2c(sc(S(=O)(=O)NCc3cccc(Cl)c3)c2C(=O)OC)C1. The monoisotopic (exact) mass is 468 g/mol. The molecule has 0 bridgehead atoms. The van der Waals surface area contributed by atoms with E-state index in [0.29, 0.717) is 34.0 Å². The van der Waals surface area contributed by atoms with Gasteiger partial charge in [-0.25, -0.2) is 17.9 Å². The minimum absolute atomic E-state index is 0.0238. The van der Waals surface area contributed by atoms with Crippen LogP contribution < -0.4 is 4.72 Å². The highest BCUT2D eigenvalue weighted by Crippen LogP contribution is 2.36. The predicted molar refractivity (Wildman–Crippen MR) is 115 cm³/mol. The lowest BCUT2D eigenvalue weighted by atomic mass is 10.0. The van der Waals surface area contributed by atoms with Crippen LogP contribution in [0.1, 0.15) is 32.8 Å². The number of methoxy groups -OCH3 is 1. The minimum atomic E-state index is -3.99. The Morgan fingerprint density at radius 1 is 1.40 bits per heavy atom. The van der Waals surface area contributed by atoms with Crippen LogP contribution in [0.5, 0.6) is 0 Å². The summed E-state index contributed by atoms with van der Waals surface area (Å²) in [5.41, 5.74) is 1.36. The normalized spacial score (nSPS) is 13.6. The van der Waals surface area contributed by atoms with Gasteiger partial charge in [0, 0.05) is 29.4 Å². The number of amides is 1. The number of fused-ring (bicyclic) bond motifs is 1. The summed E-state index contributed by atoms with van der Waals surface area (Å²) in [5.74, 6) is -0.798. The molecule has 0 aliphatic carbocycles. The van der Waals surface area contributed by atoms with Crippen molar-refractivity contribution in [3.05, 3.63) is 63.5 Å². The molecule has 1 amide bonds. The first-order valence-corrected chi connectivity index (χ1v) is 11.8. The number of esters is 1. The Labute approximate surface area is 184 Å². The van der Waals surface area contributed by atoms with Gasteiger partial charge >= 0.3 is 5.97 Å². The molecule has 1 aliphatic rings. The van der Waals surface area contributed by atoms with Gasteiger partial charge in [0.05, 0.1) is 19.2 Å². The topological polar surface area (TPSA) is 92.8 Å². The first-order valence-electron chi connectivity index (χ1n) is 9.12. The summed E-state index contributed by atoms with van der Waals surface area (Å²) in [6.45, 7) is 4.25. The number of sulfonamides is 1. The van der Waals surface area contributed by atoms with Gasteiger partial charge in [0.15, 0.2) is 0 Å². The summed E-state index contributed by atoms with van der Waals surface area (Å²) in [5, 5.41) is 0.498. The number of thiophene rings is 1. The molecular formula is C20H21ClN2O5S2. The fourth-order valence-electron chi connectivity index (χ4n) is 3.23. The lowest BCUT2D eigenvalue weighted by molar-refractivity contribution is -0.131. The van der Waals surface area contributed by atoms with Crippen molar-refractivity contribution in [2.24, 2.45) is 0 Å². The van der Waals surface area contributed by atoms with Crippen molar-refractivity contribution in [1.29, 1.82) is 0 Å². The summed E-state index contributed by atoms with van der Waals surface area (Å²) in [4.78, 5) is 26.9. The molecule has 1 aromatic carbocycles. The van der Waals surface area contributed by atoms with Crippen molar-refractivity contribution < 1.29 is 22.7 Å². The number of nitrogens with zero attached hydrogens (tertiary/aromatic N) is 1. The Hall–Kier alpha value is -2.20. The van der Waals surface area contributed by atoms with Gasteiger partial charge < -0.3 is 9.64 Å². The molecule has 2 heterocycles. The summed E-state index contributed by atoms with van der Waals surface area (Å²) < 4.78 is 33.3. The number of rotatable bonds is 7. The van der Waals surface area contributed by atoms with Gasteiger partial charge in [-0.15, -0.1) is 17.9 Å². The average Bonchev–Trinajstić information content (AvgIpc) is 3.12. The van der Waals surface area contributed by atoms with Crippen molar-refractivity contribution in [3.8, 4) is 0 Å². The second kappa shape index (κ2) is 9.30. The largest absolute Gasteiger partial charge is 0.465 e. The lowest BCUT2D eigenvalue weighted by Crippen LogP contribution is -2.35. The zero-order valence-electron chi connectivity index (χ0n) is 16.3. The molecule has 0 fully saturated rings. The van der Waals surface area contributed by atoms with Crippen LogP contribution in [0.2, 0.25) is 5.02 Å². The molecule has 0 unspecified atom stereocenters. The molecule has 0 saturated carbocycles. The van der Waals surface area contributed by atoms with E-state index in [2.05, 4.69) is 11.3 Å². The van der Waals surface area contributed by atoms with E-state index in [9.17, 15) is 18.0 Å². The van der Waals surface area contributed by atoms with E-state index in [-0.39, 0.29) is 35.2 Å². The van der Waals surface area contributed by atoms with E-state index in [1.807, 2.05) is 0 Å². The van der Waals surface area contributed by atoms with Crippen LogP contribution in [-0.4, -0.2) is 38.8 Å². The highest BCUT2D eigenvalue weighted by molar-refractivity contribution is 7.91. The Kier molecular flexibility index (Phi) is 6.97. The fourth-order valence-corrected chi connectivity index (χ4v) is 6.41. The van der Waals surface area contributed by atoms with Crippen molar-refractivity contribution in [3.63, 3.8) is 0 Å². The van der Waals surface area contributed by atoms with E-state index in [1.165, 1.54) is 13.2 Å². The molecule has 0 atom stereocenters. The molecular weight excluding hydrogens is 448 g/mol. The Balaban J connectivity index is 1.93. The third-order valence-corrected chi connectivity index (χ3v) is 8.06. The Morgan fingerprint density at radius 3 is 2.83 bits per heavy atom. The Morgan fingerprint density at radius 2 is 2.17 bits per heavy atom. The zero-order valence-corrected chi connectivity index (χ0v) is 18.7. The molecule has 10 heteroatoms. The van der Waals surface area contributed by atoms with Crippen LogP contribution >= 0.6 is 22.9 Å². The zero-order chi connectivity index (χ0) is 21.9. The number of halogens is 1. The second-order valence-corrected chi connectivity index (χ2v) is 10.2. The number of carbonyl (C=O) groups is 2. The number of nitrogens with one attached hydrogen (secondary N) is 1. The predicted octanol–water partition coefficient (Wildman–Crippen LogP) is 3.13. The number of hydrogen-bond acceptors (Lipinski definition) is 6. The third-order valence-electron chi connectivity index (χ3n) is 4.69. The van der Waals surface area contributed by atoms with Gasteiger partial charge in [-0.05, 0) is 29.7 Å². The fraction of sp³-hybridized carbons (Fsp3) is 0.300. The second-order valence-electron chi connectivity index (χ2n) is 6.67. The maximum absolute atomic E-state index is 13.0. The van der Waals surface area contributed by atoms with Gasteiger partial charge in [0.1, 0.15) is 4.21 Å². The smallest absolute Gasteiger partial charge is 0.340 e. The number of ether oxygens (including phenoxy) is 1. The molecule has 7 nitrogen and oxygen atoms in total. The molecule has 2 aromatic rings. The summed E-state index contributed by atoms with van der Waals surface area (Å²) in [6, 6.07) is 6.83. The molecule has 30 heavy (non-hydrogen) atoms.